The summed E-state index contributed by atoms with van der Waals surface area (Å²) >= 11 is 0. The molecule has 3 heterocycles. The lowest BCUT2D eigenvalue weighted by Crippen LogP contribution is -2.51. The number of hydrogen-bond donors (Lipinski definition) is 2. The van der Waals surface area contributed by atoms with E-state index >= 15 is 0 Å². The zero-order chi connectivity index (χ0) is 21.4. The van der Waals surface area contributed by atoms with Crippen molar-refractivity contribution >= 4 is 17.5 Å². The second-order valence-corrected chi connectivity index (χ2v) is 7.99. The highest BCUT2D eigenvalue weighted by atomic mass is 16.6. The van der Waals surface area contributed by atoms with E-state index in [0.29, 0.717) is 61.8 Å². The van der Waals surface area contributed by atoms with Gasteiger partial charge in [0.25, 0.3) is 5.91 Å². The van der Waals surface area contributed by atoms with Gasteiger partial charge in [-0.25, -0.2) is 0 Å². The molecule has 0 saturated carbocycles. The molecule has 0 unspecified atom stereocenters. The van der Waals surface area contributed by atoms with Crippen LogP contribution in [0.25, 0.3) is 0 Å². The third-order valence-electron chi connectivity index (χ3n) is 5.86. The zero-order valence-electron chi connectivity index (χ0n) is 17.0. The molecule has 5 rings (SSSR count). The summed E-state index contributed by atoms with van der Waals surface area (Å²) in [6.07, 6.45) is 0.454. The fraction of sp³-hybridized carbons (Fsp3) is 0.391. The molecular formula is C23H24N2O6. The van der Waals surface area contributed by atoms with E-state index in [1.165, 1.54) is 0 Å². The van der Waals surface area contributed by atoms with Gasteiger partial charge in [0.2, 0.25) is 5.91 Å². The second-order valence-electron chi connectivity index (χ2n) is 7.99. The lowest BCUT2D eigenvalue weighted by molar-refractivity contribution is -0.116. The molecule has 3 aliphatic heterocycles. The Bertz CT molecular complexity index is 1020. The molecule has 0 aromatic heterocycles. The number of ether oxygens (including phenoxy) is 3. The van der Waals surface area contributed by atoms with Crippen molar-refractivity contribution in [3.8, 4) is 17.2 Å². The molecule has 2 N–H and O–H groups in total. The summed E-state index contributed by atoms with van der Waals surface area (Å²) in [5.41, 5.74) is 2.34. The van der Waals surface area contributed by atoms with Crippen molar-refractivity contribution in [3.63, 3.8) is 0 Å². The van der Waals surface area contributed by atoms with Crippen molar-refractivity contribution in [2.75, 3.05) is 31.6 Å². The third-order valence-corrected chi connectivity index (χ3v) is 5.86. The Morgan fingerprint density at radius 1 is 1.10 bits per heavy atom. The lowest BCUT2D eigenvalue weighted by Gasteiger charge is -2.36. The Labute approximate surface area is 179 Å². The summed E-state index contributed by atoms with van der Waals surface area (Å²) in [6.45, 7) is 1.60. The fourth-order valence-corrected chi connectivity index (χ4v) is 4.19. The number of aliphatic hydroxyl groups excluding tert-OH is 1. The van der Waals surface area contributed by atoms with Gasteiger partial charge in [-0.05, 0) is 36.2 Å². The van der Waals surface area contributed by atoms with E-state index in [-0.39, 0.29) is 18.4 Å². The van der Waals surface area contributed by atoms with Gasteiger partial charge in [-0.1, -0.05) is 6.07 Å². The summed E-state index contributed by atoms with van der Waals surface area (Å²) in [5.74, 6) is 1.63. The van der Waals surface area contributed by atoms with Crippen molar-refractivity contribution in [1.29, 1.82) is 0 Å². The van der Waals surface area contributed by atoms with E-state index in [0.717, 1.165) is 11.3 Å². The minimum atomic E-state index is -0.819. The molecule has 31 heavy (non-hydrogen) atoms. The predicted octanol–water partition coefficient (Wildman–Crippen LogP) is 2.00. The van der Waals surface area contributed by atoms with Gasteiger partial charge in [0.05, 0.1) is 6.54 Å². The Morgan fingerprint density at radius 2 is 1.94 bits per heavy atom. The summed E-state index contributed by atoms with van der Waals surface area (Å²) in [5, 5.41) is 13.5. The first kappa shape index (κ1) is 19.7. The average molecular weight is 424 g/mol. The van der Waals surface area contributed by atoms with Gasteiger partial charge in [0.1, 0.15) is 31.2 Å². The van der Waals surface area contributed by atoms with Gasteiger partial charge >= 0.3 is 0 Å². The minimum absolute atomic E-state index is 0.00403. The minimum Gasteiger partial charge on any atom is -0.488 e. The lowest BCUT2D eigenvalue weighted by atomic mass is 10.0. The quantitative estimate of drug-likeness (QED) is 0.782. The largest absolute Gasteiger partial charge is 0.488 e. The monoisotopic (exact) mass is 424 g/mol. The van der Waals surface area contributed by atoms with Crippen LogP contribution in [0.15, 0.2) is 36.4 Å². The summed E-state index contributed by atoms with van der Waals surface area (Å²) < 4.78 is 17.1. The van der Waals surface area contributed by atoms with E-state index in [9.17, 15) is 14.7 Å². The molecular weight excluding hydrogens is 400 g/mol. The maximum absolute atomic E-state index is 12.9. The highest BCUT2D eigenvalue weighted by Crippen LogP contribution is 2.32. The number of aryl methyl sites for hydroxylation is 1. The molecule has 8 heteroatoms. The van der Waals surface area contributed by atoms with Crippen LogP contribution in [-0.4, -0.2) is 60.3 Å². The number of likely N-dealkylation sites (tertiary alicyclic amines) is 1. The van der Waals surface area contributed by atoms with E-state index in [4.69, 9.17) is 14.2 Å². The van der Waals surface area contributed by atoms with Crippen LogP contribution >= 0.6 is 0 Å². The van der Waals surface area contributed by atoms with Crippen molar-refractivity contribution in [2.45, 2.75) is 31.5 Å². The molecule has 0 bridgehead atoms. The first-order valence-electron chi connectivity index (χ1n) is 10.5. The number of β-amino-alcohol motifs (C(OH)–C–C–N with tert-alkyl or cyclic N) is 1. The Balaban J connectivity index is 1.23. The van der Waals surface area contributed by atoms with Crippen LogP contribution in [-0.2, 0) is 11.2 Å². The van der Waals surface area contributed by atoms with Crippen molar-refractivity contribution in [3.05, 3.63) is 47.5 Å². The highest BCUT2D eigenvalue weighted by molar-refractivity contribution is 5.95. The number of rotatable bonds is 3. The maximum Gasteiger partial charge on any atom is 0.254 e. The number of amides is 2. The Kier molecular flexibility index (Phi) is 5.15. The standard InChI is InChI=1S/C23H24N2O6/c26-18-13-25(23(28)15-2-5-20-21(11-15)30-10-9-29-20)8-7-19(18)31-16-4-1-14-3-6-22(27)24-17(14)12-16/h1-2,4-5,11-12,18-19,26H,3,6-10,13H2,(H,24,27)/t18-,19-/m1/s1. The molecule has 1 saturated heterocycles. The molecule has 8 nitrogen and oxygen atoms in total. The number of aliphatic hydroxyl groups is 1. The number of nitrogens with zero attached hydrogens (tertiary/aromatic N) is 1. The first-order chi connectivity index (χ1) is 15.1. The molecule has 0 spiro atoms. The number of fused-ring (bicyclic) bond motifs is 2. The second kappa shape index (κ2) is 8.11. The van der Waals surface area contributed by atoms with Gasteiger partial charge in [-0.15, -0.1) is 0 Å². The van der Waals surface area contributed by atoms with Gasteiger partial charge in [0, 0.05) is 36.7 Å². The topological polar surface area (TPSA) is 97.3 Å². The van der Waals surface area contributed by atoms with Gasteiger partial charge in [0.15, 0.2) is 11.5 Å². The van der Waals surface area contributed by atoms with Gasteiger partial charge in [-0.2, -0.15) is 0 Å². The average Bonchev–Trinajstić information content (AvgIpc) is 2.79. The van der Waals surface area contributed by atoms with Gasteiger partial charge < -0.3 is 29.5 Å². The maximum atomic E-state index is 12.9. The summed E-state index contributed by atoms with van der Waals surface area (Å²) in [7, 11) is 0. The molecule has 2 amide bonds. The van der Waals surface area contributed by atoms with Crippen LogP contribution < -0.4 is 19.5 Å². The SMILES string of the molecule is O=C1CCc2ccc(O[C@@H]3CCN(C(=O)c4ccc5c(c4)OCCO5)C[C@H]3O)cc2N1. The van der Waals surface area contributed by atoms with Crippen LogP contribution in [0.2, 0.25) is 0 Å². The number of piperidine rings is 1. The van der Waals surface area contributed by atoms with Crippen LogP contribution in [0.4, 0.5) is 5.69 Å². The molecule has 1 fully saturated rings. The highest BCUT2D eigenvalue weighted by Gasteiger charge is 2.32. The first-order valence-corrected chi connectivity index (χ1v) is 10.5. The number of carbonyl (C=O) groups excluding carboxylic acids is 2. The van der Waals surface area contributed by atoms with Crippen LogP contribution in [0.3, 0.4) is 0 Å². The number of benzene rings is 2. The van der Waals surface area contributed by atoms with E-state index < -0.39 is 12.2 Å². The number of nitrogens with one attached hydrogen (secondary N) is 1. The van der Waals surface area contributed by atoms with Gasteiger partial charge in [-0.3, -0.25) is 9.59 Å². The van der Waals surface area contributed by atoms with Crippen molar-refractivity contribution in [2.24, 2.45) is 0 Å². The molecule has 2 aromatic rings. The van der Waals surface area contributed by atoms with Crippen LogP contribution in [0.5, 0.6) is 17.2 Å². The molecule has 3 aliphatic rings. The number of hydrogen-bond acceptors (Lipinski definition) is 6. The smallest absolute Gasteiger partial charge is 0.254 e. The molecule has 0 aliphatic carbocycles. The van der Waals surface area contributed by atoms with Crippen LogP contribution in [0.1, 0.15) is 28.8 Å². The van der Waals surface area contributed by atoms with E-state index in [2.05, 4.69) is 5.32 Å². The molecule has 162 valence electrons. The molecule has 2 aromatic carbocycles. The predicted molar refractivity (Wildman–Crippen MR) is 112 cm³/mol. The number of carbonyl (C=O) groups is 2. The number of anilines is 1. The van der Waals surface area contributed by atoms with Crippen molar-refractivity contribution < 1.29 is 28.9 Å². The fourth-order valence-electron chi connectivity index (χ4n) is 4.19. The normalized spacial score (nSPS) is 22.4. The Hall–Kier alpha value is -3.26. The van der Waals surface area contributed by atoms with Crippen LogP contribution in [0, 0.1) is 0 Å². The molecule has 0 radical (unpaired) electrons. The van der Waals surface area contributed by atoms with Crippen molar-refractivity contribution in [1.82, 2.24) is 4.90 Å². The zero-order valence-corrected chi connectivity index (χ0v) is 17.0. The van der Waals surface area contributed by atoms with E-state index in [1.54, 1.807) is 29.2 Å². The summed E-state index contributed by atoms with van der Waals surface area (Å²) in [4.78, 5) is 26.2. The van der Waals surface area contributed by atoms with E-state index in [1.807, 2.05) is 12.1 Å². The summed E-state index contributed by atoms with van der Waals surface area (Å²) in [6, 6.07) is 10.7. The Morgan fingerprint density at radius 3 is 2.77 bits per heavy atom. The third kappa shape index (κ3) is 4.03. The molecule has 2 atom stereocenters.